The van der Waals surface area contributed by atoms with Gasteiger partial charge in [-0.3, -0.25) is 4.79 Å². The van der Waals surface area contributed by atoms with E-state index in [9.17, 15) is 4.79 Å². The third kappa shape index (κ3) is 1.20. The minimum Gasteiger partial charge on any atom is -0.459 e. The molecule has 4 nitrogen and oxygen atoms in total. The Hall–Kier alpha value is -1.71. The summed E-state index contributed by atoms with van der Waals surface area (Å²) in [6.45, 7) is 3.57. The lowest BCUT2D eigenvalue weighted by Crippen LogP contribution is -2.04. The molecule has 4 heteroatoms. The third-order valence-electron chi connectivity index (χ3n) is 1.81. The summed E-state index contributed by atoms with van der Waals surface area (Å²) in [5, 5.41) is 7.42. The Morgan fingerprint density at radius 3 is 2.92 bits per heavy atom. The van der Waals surface area contributed by atoms with Crippen LogP contribution in [0.15, 0.2) is 21.5 Å². The second-order valence-electron chi connectivity index (χ2n) is 2.93. The minimum absolute atomic E-state index is 0.144. The van der Waals surface area contributed by atoms with Gasteiger partial charge in [-0.05, 0) is 13.8 Å². The Labute approximate surface area is 74.2 Å². The second-order valence-corrected chi connectivity index (χ2v) is 2.93. The van der Waals surface area contributed by atoms with E-state index < -0.39 is 0 Å². The van der Waals surface area contributed by atoms with E-state index in [2.05, 4.69) is 10.2 Å². The molecule has 0 aromatic carbocycles. The van der Waals surface area contributed by atoms with Crippen LogP contribution in [-0.2, 0) is 0 Å². The highest BCUT2D eigenvalue weighted by Gasteiger charge is 2.05. The molecule has 0 amide bonds. The lowest BCUT2D eigenvalue weighted by atomic mass is 10.2. The molecule has 66 valence electrons. The average Bonchev–Trinajstić information content (AvgIpc) is 2.07. The van der Waals surface area contributed by atoms with Gasteiger partial charge in [0.25, 0.3) is 0 Å². The van der Waals surface area contributed by atoms with E-state index in [1.807, 2.05) is 6.92 Å². The molecular weight excluding hydrogens is 168 g/mol. The molecule has 0 spiro atoms. The second kappa shape index (κ2) is 2.65. The average molecular weight is 176 g/mol. The van der Waals surface area contributed by atoms with Crippen LogP contribution >= 0.6 is 0 Å². The van der Waals surface area contributed by atoms with Gasteiger partial charge in [0.2, 0.25) is 5.43 Å². The lowest BCUT2D eigenvalue weighted by molar-refractivity contribution is 0.560. The van der Waals surface area contributed by atoms with Crippen molar-refractivity contribution in [1.82, 2.24) is 10.2 Å². The summed E-state index contributed by atoms with van der Waals surface area (Å²) in [5.74, 6) is 0.591. The normalized spacial score (nSPS) is 10.6. The number of hydrogen-bond acceptors (Lipinski definition) is 4. The fraction of sp³-hybridized carbons (Fsp3) is 0.222. The Bertz CT molecular complexity index is 516. The zero-order valence-electron chi connectivity index (χ0n) is 7.37. The molecule has 0 radical (unpaired) electrons. The van der Waals surface area contributed by atoms with Crippen molar-refractivity contribution >= 4 is 11.1 Å². The zero-order chi connectivity index (χ0) is 9.42. The highest BCUT2D eigenvalue weighted by molar-refractivity contribution is 5.73. The molecule has 0 saturated heterocycles. The lowest BCUT2D eigenvalue weighted by Gasteiger charge is -1.98. The van der Waals surface area contributed by atoms with E-state index in [4.69, 9.17) is 4.42 Å². The Kier molecular flexibility index (Phi) is 1.62. The molecule has 2 aromatic rings. The molecule has 2 rings (SSSR count). The van der Waals surface area contributed by atoms with Crippen molar-refractivity contribution in [3.05, 3.63) is 33.8 Å². The summed E-state index contributed by atoms with van der Waals surface area (Å²) in [7, 11) is 0. The van der Waals surface area contributed by atoms with Crippen molar-refractivity contribution in [3.8, 4) is 0 Å². The van der Waals surface area contributed by atoms with Gasteiger partial charge in [-0.25, -0.2) is 0 Å². The molecule has 0 saturated carbocycles. The Morgan fingerprint density at radius 2 is 2.15 bits per heavy atom. The molecule has 0 aliphatic heterocycles. The molecule has 0 aliphatic carbocycles. The van der Waals surface area contributed by atoms with E-state index in [1.165, 1.54) is 6.07 Å². The maximum absolute atomic E-state index is 11.4. The summed E-state index contributed by atoms with van der Waals surface area (Å²) in [6.07, 6.45) is 1.57. The van der Waals surface area contributed by atoms with Gasteiger partial charge in [-0.15, -0.1) is 5.10 Å². The van der Waals surface area contributed by atoms with Gasteiger partial charge in [0.05, 0.1) is 6.20 Å². The number of fused-ring (bicyclic) bond motifs is 1. The largest absolute Gasteiger partial charge is 0.459 e. The predicted octanol–water partition coefficient (Wildman–Crippen LogP) is 1.20. The highest BCUT2D eigenvalue weighted by atomic mass is 16.3. The molecule has 0 aliphatic rings. The van der Waals surface area contributed by atoms with Crippen molar-refractivity contribution in [2.45, 2.75) is 13.8 Å². The van der Waals surface area contributed by atoms with Crippen molar-refractivity contribution in [2.24, 2.45) is 0 Å². The SMILES string of the molecule is Cc1cc(=O)c2nncc(C)c2o1. The van der Waals surface area contributed by atoms with Crippen LogP contribution in [0.25, 0.3) is 11.1 Å². The molecule has 0 unspecified atom stereocenters. The first-order valence-corrected chi connectivity index (χ1v) is 3.91. The Morgan fingerprint density at radius 1 is 1.38 bits per heavy atom. The fourth-order valence-electron chi connectivity index (χ4n) is 1.20. The molecule has 13 heavy (non-hydrogen) atoms. The first kappa shape index (κ1) is 7.91. The van der Waals surface area contributed by atoms with Gasteiger partial charge >= 0.3 is 0 Å². The van der Waals surface area contributed by atoms with Crippen molar-refractivity contribution in [3.63, 3.8) is 0 Å². The minimum atomic E-state index is -0.144. The van der Waals surface area contributed by atoms with Gasteiger partial charge in [-0.2, -0.15) is 5.10 Å². The van der Waals surface area contributed by atoms with Crippen molar-refractivity contribution in [2.75, 3.05) is 0 Å². The van der Waals surface area contributed by atoms with Gasteiger partial charge in [-0.1, -0.05) is 0 Å². The van der Waals surface area contributed by atoms with E-state index in [-0.39, 0.29) is 5.43 Å². The third-order valence-corrected chi connectivity index (χ3v) is 1.81. The molecule has 0 bridgehead atoms. The van der Waals surface area contributed by atoms with Crippen LogP contribution in [0.4, 0.5) is 0 Å². The van der Waals surface area contributed by atoms with E-state index in [0.717, 1.165) is 5.56 Å². The van der Waals surface area contributed by atoms with E-state index >= 15 is 0 Å². The molecule has 0 fully saturated rings. The molecule has 2 aromatic heterocycles. The van der Waals surface area contributed by atoms with Crippen LogP contribution in [0.2, 0.25) is 0 Å². The molecule has 2 heterocycles. The van der Waals surface area contributed by atoms with Crippen molar-refractivity contribution in [1.29, 1.82) is 0 Å². The quantitative estimate of drug-likeness (QED) is 0.605. The number of hydrogen-bond donors (Lipinski definition) is 0. The standard InChI is InChI=1S/C9H8N2O2/c1-5-4-10-11-8-7(12)3-6(2)13-9(5)8/h3-4H,1-2H3. The Balaban J connectivity index is 3.03. The number of rotatable bonds is 0. The smallest absolute Gasteiger partial charge is 0.213 e. The molecular formula is C9H8N2O2. The van der Waals surface area contributed by atoms with Gasteiger partial charge in [0.15, 0.2) is 11.1 Å². The van der Waals surface area contributed by atoms with Gasteiger partial charge in [0.1, 0.15) is 5.76 Å². The topological polar surface area (TPSA) is 56.0 Å². The summed E-state index contributed by atoms with van der Waals surface area (Å²) in [5.41, 5.74) is 1.51. The van der Waals surface area contributed by atoms with Gasteiger partial charge in [0, 0.05) is 11.6 Å². The summed E-state index contributed by atoms with van der Waals surface area (Å²) in [4.78, 5) is 11.4. The van der Waals surface area contributed by atoms with Crippen LogP contribution in [0.5, 0.6) is 0 Å². The first-order chi connectivity index (χ1) is 6.18. The van der Waals surface area contributed by atoms with E-state index in [1.54, 1.807) is 13.1 Å². The zero-order valence-corrected chi connectivity index (χ0v) is 7.37. The predicted molar refractivity (Wildman–Crippen MR) is 47.5 cm³/mol. The molecule has 0 N–H and O–H groups in total. The van der Waals surface area contributed by atoms with Crippen LogP contribution in [0, 0.1) is 13.8 Å². The van der Waals surface area contributed by atoms with Crippen LogP contribution in [0.1, 0.15) is 11.3 Å². The molecule has 0 atom stereocenters. The van der Waals surface area contributed by atoms with Gasteiger partial charge < -0.3 is 4.42 Å². The van der Waals surface area contributed by atoms with Crippen LogP contribution < -0.4 is 5.43 Å². The monoisotopic (exact) mass is 176 g/mol. The summed E-state index contributed by atoms with van der Waals surface area (Å²) < 4.78 is 5.37. The van der Waals surface area contributed by atoms with Crippen molar-refractivity contribution < 1.29 is 4.42 Å². The van der Waals surface area contributed by atoms with Crippen LogP contribution in [0.3, 0.4) is 0 Å². The maximum Gasteiger partial charge on any atom is 0.213 e. The summed E-state index contributed by atoms with van der Waals surface area (Å²) >= 11 is 0. The first-order valence-electron chi connectivity index (χ1n) is 3.91. The number of aryl methyl sites for hydroxylation is 2. The summed E-state index contributed by atoms with van der Waals surface area (Å²) in [6, 6.07) is 1.41. The maximum atomic E-state index is 11.4. The van der Waals surface area contributed by atoms with Crippen LogP contribution in [-0.4, -0.2) is 10.2 Å². The number of nitrogens with zero attached hydrogens (tertiary/aromatic N) is 2. The fourth-order valence-corrected chi connectivity index (χ4v) is 1.20. The number of aromatic nitrogens is 2. The highest BCUT2D eigenvalue weighted by Crippen LogP contribution is 2.12. The van der Waals surface area contributed by atoms with E-state index in [0.29, 0.717) is 16.9 Å².